The summed E-state index contributed by atoms with van der Waals surface area (Å²) in [4.78, 5) is 15.0. The van der Waals surface area contributed by atoms with Crippen molar-refractivity contribution in [2.24, 2.45) is 0 Å². The maximum absolute atomic E-state index is 13.1. The molecule has 2 N–H and O–H groups in total. The average Bonchev–Trinajstić information content (AvgIpc) is 3.26. The highest BCUT2D eigenvalue weighted by atomic mass is 32.2. The van der Waals surface area contributed by atoms with Gasteiger partial charge in [0, 0.05) is 30.7 Å². The summed E-state index contributed by atoms with van der Waals surface area (Å²) in [6, 6.07) is 4.78. The number of rotatable bonds is 8. The maximum atomic E-state index is 13.1. The van der Waals surface area contributed by atoms with Crippen molar-refractivity contribution in [1.82, 2.24) is 14.9 Å². The number of benzene rings is 1. The summed E-state index contributed by atoms with van der Waals surface area (Å²) in [6.07, 6.45) is 3.46. The predicted octanol–water partition coefficient (Wildman–Crippen LogP) is 1.35. The Labute approximate surface area is 155 Å². The molecule has 3 rings (SSSR count). The fourth-order valence-electron chi connectivity index (χ4n) is 3.27. The van der Waals surface area contributed by atoms with E-state index in [1.165, 1.54) is 13.2 Å². The van der Waals surface area contributed by atoms with Crippen molar-refractivity contribution in [2.75, 3.05) is 26.7 Å². The van der Waals surface area contributed by atoms with Gasteiger partial charge in [-0.1, -0.05) is 6.92 Å². The first kappa shape index (κ1) is 19.1. The molecule has 0 aromatic heterocycles. The van der Waals surface area contributed by atoms with E-state index in [9.17, 15) is 13.2 Å². The summed E-state index contributed by atoms with van der Waals surface area (Å²) in [5.74, 6) is 0.116. The fourth-order valence-corrected chi connectivity index (χ4v) is 4.77. The van der Waals surface area contributed by atoms with Crippen LogP contribution in [0.15, 0.2) is 23.1 Å². The molecular formula is C18H27N3O4S. The maximum Gasteiger partial charge on any atom is 0.254 e. The Bertz CT molecular complexity index is 756. The molecule has 1 aliphatic carbocycles. The molecule has 26 heavy (non-hydrogen) atoms. The van der Waals surface area contributed by atoms with E-state index < -0.39 is 10.0 Å². The Hall–Kier alpha value is -1.64. The van der Waals surface area contributed by atoms with Crippen LogP contribution in [-0.2, 0) is 10.0 Å². The zero-order valence-electron chi connectivity index (χ0n) is 15.3. The summed E-state index contributed by atoms with van der Waals surface area (Å²) in [7, 11) is -2.28. The van der Waals surface area contributed by atoms with Crippen LogP contribution in [0.25, 0.3) is 0 Å². The van der Waals surface area contributed by atoms with Gasteiger partial charge in [-0.05, 0) is 50.4 Å². The largest absolute Gasteiger partial charge is 0.495 e. The van der Waals surface area contributed by atoms with Gasteiger partial charge < -0.3 is 15.0 Å². The van der Waals surface area contributed by atoms with E-state index in [-0.39, 0.29) is 28.6 Å². The third kappa shape index (κ3) is 4.19. The minimum atomic E-state index is -3.71. The van der Waals surface area contributed by atoms with Crippen LogP contribution < -0.4 is 14.8 Å². The third-order valence-corrected chi connectivity index (χ3v) is 6.34. The molecule has 0 radical (unpaired) electrons. The zero-order chi connectivity index (χ0) is 18.7. The Kier molecular flexibility index (Phi) is 5.84. The van der Waals surface area contributed by atoms with Crippen LogP contribution in [0.1, 0.15) is 43.0 Å². The number of carbonyl (C=O) groups excluding carboxylic acids is 1. The SMILES string of the molecule is CCCN(C(=O)c1ccc(OC)c(S(=O)(=O)NC2CC2)c1)C1CCNC1. The number of sulfonamides is 1. The number of carbonyl (C=O) groups is 1. The van der Waals surface area contributed by atoms with Crippen LogP contribution in [0, 0.1) is 0 Å². The van der Waals surface area contributed by atoms with Crippen molar-refractivity contribution < 1.29 is 17.9 Å². The number of nitrogens with one attached hydrogen (secondary N) is 2. The number of nitrogens with zero attached hydrogens (tertiary/aromatic N) is 1. The van der Waals surface area contributed by atoms with Crippen molar-refractivity contribution in [1.29, 1.82) is 0 Å². The topological polar surface area (TPSA) is 87.7 Å². The molecule has 1 saturated heterocycles. The Balaban J connectivity index is 1.91. The van der Waals surface area contributed by atoms with Crippen LogP contribution in [0.2, 0.25) is 0 Å². The molecule has 1 unspecified atom stereocenters. The van der Waals surface area contributed by atoms with Crippen LogP contribution in [-0.4, -0.2) is 58.1 Å². The van der Waals surface area contributed by atoms with E-state index in [2.05, 4.69) is 10.0 Å². The van der Waals surface area contributed by atoms with Gasteiger partial charge >= 0.3 is 0 Å². The second kappa shape index (κ2) is 7.94. The van der Waals surface area contributed by atoms with E-state index >= 15 is 0 Å². The predicted molar refractivity (Wildman–Crippen MR) is 98.9 cm³/mol. The molecule has 8 heteroatoms. The lowest BCUT2D eigenvalue weighted by Gasteiger charge is -2.28. The highest BCUT2D eigenvalue weighted by molar-refractivity contribution is 7.89. The normalized spacial score (nSPS) is 20.2. The minimum absolute atomic E-state index is 0.00906. The van der Waals surface area contributed by atoms with Gasteiger partial charge in [0.1, 0.15) is 10.6 Å². The molecule has 1 atom stereocenters. The summed E-state index contributed by atoms with van der Waals surface area (Å²) < 4.78 is 33.2. The first-order valence-electron chi connectivity index (χ1n) is 9.18. The summed E-state index contributed by atoms with van der Waals surface area (Å²) in [5.41, 5.74) is 0.377. The van der Waals surface area contributed by atoms with Crippen LogP contribution in [0.3, 0.4) is 0 Å². The second-order valence-corrected chi connectivity index (χ2v) is 8.59. The standard InChI is InChI=1S/C18H27N3O4S/c1-3-10-21(15-8-9-19-12-15)18(22)13-4-7-16(25-2)17(11-13)26(23,24)20-14-5-6-14/h4,7,11,14-15,19-20H,3,5-6,8-10,12H2,1-2H3. The fraction of sp³-hybridized carbons (Fsp3) is 0.611. The lowest BCUT2D eigenvalue weighted by Crippen LogP contribution is -2.42. The highest BCUT2D eigenvalue weighted by Crippen LogP contribution is 2.29. The minimum Gasteiger partial charge on any atom is -0.495 e. The Morgan fingerprint density at radius 2 is 2.12 bits per heavy atom. The van der Waals surface area contributed by atoms with Gasteiger partial charge in [0.25, 0.3) is 5.91 Å². The van der Waals surface area contributed by atoms with Gasteiger partial charge in [-0.2, -0.15) is 0 Å². The van der Waals surface area contributed by atoms with Gasteiger partial charge in [-0.3, -0.25) is 4.79 Å². The van der Waals surface area contributed by atoms with Gasteiger partial charge in [-0.15, -0.1) is 0 Å². The van der Waals surface area contributed by atoms with Crippen molar-refractivity contribution in [3.63, 3.8) is 0 Å². The van der Waals surface area contributed by atoms with Crippen LogP contribution in [0.4, 0.5) is 0 Å². The summed E-state index contributed by atoms with van der Waals surface area (Å²) in [5, 5.41) is 3.28. The van der Waals surface area contributed by atoms with Gasteiger partial charge in [-0.25, -0.2) is 13.1 Å². The first-order valence-corrected chi connectivity index (χ1v) is 10.7. The Morgan fingerprint density at radius 1 is 1.35 bits per heavy atom. The van der Waals surface area contributed by atoms with Crippen LogP contribution >= 0.6 is 0 Å². The molecule has 1 saturated carbocycles. The van der Waals surface area contributed by atoms with Crippen molar-refractivity contribution in [3.8, 4) is 5.75 Å². The average molecular weight is 381 g/mol. The second-order valence-electron chi connectivity index (χ2n) is 6.91. The Morgan fingerprint density at radius 3 is 2.69 bits per heavy atom. The third-order valence-electron chi connectivity index (χ3n) is 4.80. The van der Waals surface area contributed by atoms with Crippen LogP contribution in [0.5, 0.6) is 5.75 Å². The van der Waals surface area contributed by atoms with Crippen molar-refractivity contribution in [2.45, 2.75) is 49.6 Å². The van der Waals surface area contributed by atoms with Gasteiger partial charge in [0.15, 0.2) is 0 Å². The van der Waals surface area contributed by atoms with E-state index in [0.717, 1.165) is 38.8 Å². The highest BCUT2D eigenvalue weighted by Gasteiger charge is 2.32. The van der Waals surface area contributed by atoms with E-state index in [1.54, 1.807) is 12.1 Å². The molecule has 1 aliphatic heterocycles. The van der Waals surface area contributed by atoms with Crippen molar-refractivity contribution in [3.05, 3.63) is 23.8 Å². The monoisotopic (exact) mass is 381 g/mol. The number of hydrogen-bond donors (Lipinski definition) is 2. The molecule has 144 valence electrons. The molecule has 1 aromatic carbocycles. The van der Waals surface area contributed by atoms with Gasteiger partial charge in [0.2, 0.25) is 10.0 Å². The lowest BCUT2D eigenvalue weighted by molar-refractivity contribution is 0.0692. The number of hydrogen-bond acceptors (Lipinski definition) is 5. The summed E-state index contributed by atoms with van der Waals surface area (Å²) >= 11 is 0. The van der Waals surface area contributed by atoms with E-state index in [4.69, 9.17) is 4.74 Å². The molecule has 2 fully saturated rings. The van der Waals surface area contributed by atoms with E-state index in [0.29, 0.717) is 12.1 Å². The molecule has 7 nitrogen and oxygen atoms in total. The smallest absolute Gasteiger partial charge is 0.254 e. The summed E-state index contributed by atoms with van der Waals surface area (Å²) in [6.45, 7) is 4.35. The number of ether oxygens (including phenoxy) is 1. The first-order chi connectivity index (χ1) is 12.5. The molecule has 0 spiro atoms. The number of amides is 1. The van der Waals surface area contributed by atoms with Crippen molar-refractivity contribution >= 4 is 15.9 Å². The molecule has 1 aromatic rings. The molecule has 0 bridgehead atoms. The quantitative estimate of drug-likeness (QED) is 0.710. The molecule has 1 heterocycles. The van der Waals surface area contributed by atoms with E-state index in [1.807, 2.05) is 11.8 Å². The number of methoxy groups -OCH3 is 1. The molecule has 2 aliphatic rings. The molecular weight excluding hydrogens is 354 g/mol. The lowest BCUT2D eigenvalue weighted by atomic mass is 10.1. The molecule has 1 amide bonds. The zero-order valence-corrected chi connectivity index (χ0v) is 16.1. The van der Waals surface area contributed by atoms with Gasteiger partial charge in [0.05, 0.1) is 7.11 Å².